The Hall–Kier alpha value is -1.51. The standard InChI is InChI=1S/C15H19NO2/c17-15(18)9-11-6-7-14-8-12(11)10-16(14)13-4-2-1-3-5-13/h1-5,11-12,14H,6-10H2,(H,17,18). The largest absolute Gasteiger partial charge is 0.481 e. The van der Waals surface area contributed by atoms with Crippen molar-refractivity contribution in [1.82, 2.24) is 0 Å². The second-order valence-corrected chi connectivity index (χ2v) is 5.57. The number of aliphatic carboxylic acids is 1. The fraction of sp³-hybridized carbons (Fsp3) is 0.533. The Kier molecular flexibility index (Phi) is 2.98. The molecule has 1 aliphatic carbocycles. The maximum absolute atomic E-state index is 10.9. The first-order valence-corrected chi connectivity index (χ1v) is 6.77. The summed E-state index contributed by atoms with van der Waals surface area (Å²) in [6.07, 6.45) is 3.74. The van der Waals surface area contributed by atoms with E-state index in [1.165, 1.54) is 12.1 Å². The summed E-state index contributed by atoms with van der Waals surface area (Å²) in [6.45, 7) is 1.03. The van der Waals surface area contributed by atoms with E-state index in [4.69, 9.17) is 5.11 Å². The van der Waals surface area contributed by atoms with Crippen molar-refractivity contribution in [2.24, 2.45) is 11.8 Å². The summed E-state index contributed by atoms with van der Waals surface area (Å²) >= 11 is 0. The SMILES string of the molecule is O=C(O)CC1CCC2CC1CN2c1ccccc1. The van der Waals surface area contributed by atoms with E-state index >= 15 is 0 Å². The molecule has 2 bridgehead atoms. The summed E-state index contributed by atoms with van der Waals surface area (Å²) in [5.74, 6) is 0.309. The number of carboxylic acid groups (broad SMARTS) is 1. The van der Waals surface area contributed by atoms with Gasteiger partial charge < -0.3 is 10.0 Å². The quantitative estimate of drug-likeness (QED) is 0.890. The van der Waals surface area contributed by atoms with Gasteiger partial charge in [0.05, 0.1) is 0 Å². The minimum atomic E-state index is -0.642. The number of carboxylic acids is 1. The Morgan fingerprint density at radius 1 is 1.28 bits per heavy atom. The molecular formula is C15H19NO2. The maximum atomic E-state index is 10.9. The predicted molar refractivity (Wildman–Crippen MR) is 70.7 cm³/mol. The van der Waals surface area contributed by atoms with E-state index in [0.717, 1.165) is 19.4 Å². The van der Waals surface area contributed by atoms with Gasteiger partial charge in [-0.15, -0.1) is 0 Å². The molecule has 0 aromatic heterocycles. The van der Waals surface area contributed by atoms with Crippen LogP contribution in [0.4, 0.5) is 5.69 Å². The number of anilines is 1. The van der Waals surface area contributed by atoms with Crippen molar-refractivity contribution in [3.8, 4) is 0 Å². The molecule has 3 rings (SSSR count). The molecule has 3 unspecified atom stereocenters. The Balaban J connectivity index is 1.74. The van der Waals surface area contributed by atoms with E-state index in [-0.39, 0.29) is 0 Å². The lowest BCUT2D eigenvalue weighted by Crippen LogP contribution is -2.28. The molecule has 0 spiro atoms. The third kappa shape index (κ3) is 2.09. The first kappa shape index (κ1) is 11.6. The van der Waals surface area contributed by atoms with Crippen molar-refractivity contribution in [2.45, 2.75) is 31.7 Å². The first-order chi connectivity index (χ1) is 8.74. The second kappa shape index (κ2) is 4.63. The van der Waals surface area contributed by atoms with Gasteiger partial charge in [-0.05, 0) is 43.2 Å². The van der Waals surface area contributed by atoms with Gasteiger partial charge in [-0.1, -0.05) is 18.2 Å². The van der Waals surface area contributed by atoms with Crippen LogP contribution in [0.1, 0.15) is 25.7 Å². The van der Waals surface area contributed by atoms with Crippen molar-refractivity contribution in [3.05, 3.63) is 30.3 Å². The lowest BCUT2D eigenvalue weighted by molar-refractivity contribution is -0.138. The van der Waals surface area contributed by atoms with E-state index in [1.807, 2.05) is 6.07 Å². The van der Waals surface area contributed by atoms with Crippen LogP contribution in [-0.4, -0.2) is 23.7 Å². The van der Waals surface area contributed by atoms with Crippen molar-refractivity contribution < 1.29 is 9.90 Å². The number of carbonyl (C=O) groups is 1. The molecule has 1 saturated carbocycles. The van der Waals surface area contributed by atoms with Crippen molar-refractivity contribution in [2.75, 3.05) is 11.4 Å². The van der Waals surface area contributed by atoms with Gasteiger partial charge in [0.1, 0.15) is 0 Å². The summed E-state index contributed by atoms with van der Waals surface area (Å²) in [7, 11) is 0. The van der Waals surface area contributed by atoms with Gasteiger partial charge in [-0.3, -0.25) is 4.79 Å². The van der Waals surface area contributed by atoms with Gasteiger partial charge in [0.25, 0.3) is 0 Å². The smallest absolute Gasteiger partial charge is 0.303 e. The Labute approximate surface area is 107 Å². The van der Waals surface area contributed by atoms with Gasteiger partial charge in [-0.25, -0.2) is 0 Å². The van der Waals surface area contributed by atoms with Crippen LogP contribution in [-0.2, 0) is 4.79 Å². The number of rotatable bonds is 3. The zero-order chi connectivity index (χ0) is 12.5. The van der Waals surface area contributed by atoms with Crippen molar-refractivity contribution in [3.63, 3.8) is 0 Å². The topological polar surface area (TPSA) is 40.5 Å². The molecule has 2 aliphatic rings. The molecule has 3 atom stereocenters. The molecule has 1 aliphatic heterocycles. The van der Waals surface area contributed by atoms with Crippen molar-refractivity contribution >= 4 is 11.7 Å². The van der Waals surface area contributed by atoms with E-state index in [9.17, 15) is 4.79 Å². The molecule has 0 amide bonds. The lowest BCUT2D eigenvalue weighted by Gasteiger charge is -2.28. The molecule has 3 nitrogen and oxygen atoms in total. The normalized spacial score (nSPS) is 30.4. The minimum absolute atomic E-state index is 0.347. The lowest BCUT2D eigenvalue weighted by atomic mass is 9.78. The van der Waals surface area contributed by atoms with Gasteiger partial charge in [-0.2, -0.15) is 0 Å². The molecule has 3 heteroatoms. The zero-order valence-corrected chi connectivity index (χ0v) is 10.5. The second-order valence-electron chi connectivity index (χ2n) is 5.57. The Morgan fingerprint density at radius 2 is 2.06 bits per heavy atom. The molecule has 1 N–H and O–H groups in total. The van der Waals surface area contributed by atoms with Crippen LogP contribution in [0.25, 0.3) is 0 Å². The first-order valence-electron chi connectivity index (χ1n) is 6.77. The average Bonchev–Trinajstić information content (AvgIpc) is 2.72. The summed E-state index contributed by atoms with van der Waals surface area (Å²) in [6, 6.07) is 11.1. The number of hydrogen-bond donors (Lipinski definition) is 1. The van der Waals surface area contributed by atoms with Crippen LogP contribution in [0.2, 0.25) is 0 Å². The highest BCUT2D eigenvalue weighted by atomic mass is 16.4. The molecule has 1 aromatic rings. The number of para-hydroxylation sites is 1. The Bertz CT molecular complexity index is 431. The van der Waals surface area contributed by atoms with E-state index in [0.29, 0.717) is 24.3 Å². The summed E-state index contributed by atoms with van der Waals surface area (Å²) in [5.41, 5.74) is 1.29. The Morgan fingerprint density at radius 3 is 2.78 bits per heavy atom. The molecule has 96 valence electrons. The van der Waals surface area contributed by atoms with E-state index < -0.39 is 5.97 Å². The summed E-state index contributed by atoms with van der Waals surface area (Å²) in [4.78, 5) is 13.4. The van der Waals surface area contributed by atoms with Crippen LogP contribution >= 0.6 is 0 Å². The fourth-order valence-corrected chi connectivity index (χ4v) is 3.64. The van der Waals surface area contributed by atoms with Gasteiger partial charge >= 0.3 is 5.97 Å². The third-order valence-corrected chi connectivity index (χ3v) is 4.51. The highest BCUT2D eigenvalue weighted by Crippen LogP contribution is 2.42. The molecule has 1 heterocycles. The van der Waals surface area contributed by atoms with E-state index in [2.05, 4.69) is 29.2 Å². The monoisotopic (exact) mass is 245 g/mol. The van der Waals surface area contributed by atoms with Crippen LogP contribution in [0.5, 0.6) is 0 Å². The molecule has 1 saturated heterocycles. The fourth-order valence-electron chi connectivity index (χ4n) is 3.64. The maximum Gasteiger partial charge on any atom is 0.303 e. The highest BCUT2D eigenvalue weighted by Gasteiger charge is 2.41. The average molecular weight is 245 g/mol. The molecule has 1 aromatic carbocycles. The molecule has 0 radical (unpaired) electrons. The number of hydrogen-bond acceptors (Lipinski definition) is 2. The van der Waals surface area contributed by atoms with Crippen molar-refractivity contribution in [1.29, 1.82) is 0 Å². The van der Waals surface area contributed by atoms with Gasteiger partial charge in [0.2, 0.25) is 0 Å². The number of nitrogens with zero attached hydrogens (tertiary/aromatic N) is 1. The third-order valence-electron chi connectivity index (χ3n) is 4.51. The summed E-state index contributed by atoms with van der Waals surface area (Å²) in [5, 5.41) is 8.96. The molecule has 18 heavy (non-hydrogen) atoms. The number of benzene rings is 1. The molecule has 2 fully saturated rings. The van der Waals surface area contributed by atoms with Crippen LogP contribution < -0.4 is 4.90 Å². The van der Waals surface area contributed by atoms with Crippen LogP contribution in [0.3, 0.4) is 0 Å². The van der Waals surface area contributed by atoms with Gasteiger partial charge in [0, 0.05) is 24.7 Å². The predicted octanol–water partition coefficient (Wildman–Crippen LogP) is 2.77. The van der Waals surface area contributed by atoms with Crippen LogP contribution in [0, 0.1) is 11.8 Å². The zero-order valence-electron chi connectivity index (χ0n) is 10.5. The van der Waals surface area contributed by atoms with Gasteiger partial charge in [0.15, 0.2) is 0 Å². The summed E-state index contributed by atoms with van der Waals surface area (Å²) < 4.78 is 0. The van der Waals surface area contributed by atoms with Crippen LogP contribution in [0.15, 0.2) is 30.3 Å². The molecular weight excluding hydrogens is 226 g/mol. The minimum Gasteiger partial charge on any atom is -0.481 e. The van der Waals surface area contributed by atoms with E-state index in [1.54, 1.807) is 0 Å². The number of fused-ring (bicyclic) bond motifs is 2. The highest BCUT2D eigenvalue weighted by molar-refractivity contribution is 5.67.